The summed E-state index contributed by atoms with van der Waals surface area (Å²) in [6, 6.07) is 0.577. The van der Waals surface area contributed by atoms with Gasteiger partial charge >= 0.3 is 0 Å². The highest BCUT2D eigenvalue weighted by molar-refractivity contribution is 6.27. The number of alkyl halides is 1. The number of hydrogen-bond donors (Lipinski definition) is 0. The van der Waals surface area contributed by atoms with Gasteiger partial charge in [-0.15, -0.1) is 11.6 Å². The third kappa shape index (κ3) is 2.85. The van der Waals surface area contributed by atoms with E-state index in [1.54, 1.807) is 0 Å². The summed E-state index contributed by atoms with van der Waals surface area (Å²) in [5.74, 6) is 0.173. The Morgan fingerprint density at radius 2 is 1.85 bits per heavy atom. The first-order valence-electron chi connectivity index (χ1n) is 4.73. The Hall–Kier alpha value is -0.280. The van der Waals surface area contributed by atoms with Gasteiger partial charge in [-0.25, -0.2) is 0 Å². The Morgan fingerprint density at radius 1 is 1.31 bits per heavy atom. The lowest BCUT2D eigenvalue weighted by molar-refractivity contribution is -0.130. The van der Waals surface area contributed by atoms with E-state index in [-0.39, 0.29) is 11.8 Å². The Bertz CT molecular complexity index is 176. The van der Waals surface area contributed by atoms with Crippen molar-refractivity contribution in [3.05, 3.63) is 0 Å². The molecule has 1 rings (SSSR count). The van der Waals surface area contributed by atoms with Crippen molar-refractivity contribution in [2.24, 2.45) is 0 Å². The average Bonchev–Trinajstić information content (AvgIpc) is 2.17. The molecule has 1 aliphatic heterocycles. The average molecular weight is 205 g/mol. The minimum absolute atomic E-state index is 0.0603. The molecule has 1 aliphatic rings. The molecule has 1 saturated heterocycles. The highest BCUT2D eigenvalue weighted by atomic mass is 35.5. The van der Waals surface area contributed by atoms with Crippen LogP contribution in [0.25, 0.3) is 0 Å². The van der Waals surface area contributed by atoms with Crippen molar-refractivity contribution in [2.75, 3.05) is 32.1 Å². The topological polar surface area (TPSA) is 23.6 Å². The van der Waals surface area contributed by atoms with Crippen LogP contribution < -0.4 is 0 Å². The van der Waals surface area contributed by atoms with Crippen LogP contribution in [0.3, 0.4) is 0 Å². The lowest BCUT2D eigenvalue weighted by Crippen LogP contribution is -2.51. The molecule has 0 bridgehead atoms. The fraction of sp³-hybridized carbons (Fsp3) is 0.889. The molecule has 0 atom stereocenters. The normalized spacial score (nSPS) is 19.5. The summed E-state index contributed by atoms with van der Waals surface area (Å²) in [5.41, 5.74) is 0. The zero-order valence-electron chi connectivity index (χ0n) is 8.29. The van der Waals surface area contributed by atoms with Crippen LogP contribution in [0, 0.1) is 0 Å². The summed E-state index contributed by atoms with van der Waals surface area (Å²) in [6.45, 7) is 7.95. The molecule has 3 nitrogen and oxygen atoms in total. The van der Waals surface area contributed by atoms with E-state index in [1.807, 2.05) is 4.90 Å². The third-order valence-electron chi connectivity index (χ3n) is 2.51. The summed E-state index contributed by atoms with van der Waals surface area (Å²) >= 11 is 5.48. The minimum Gasteiger partial charge on any atom is -0.339 e. The van der Waals surface area contributed by atoms with Gasteiger partial charge in [-0.05, 0) is 13.8 Å². The summed E-state index contributed by atoms with van der Waals surface area (Å²) in [6.07, 6.45) is 0. The molecule has 0 aromatic heterocycles. The Kier molecular flexibility index (Phi) is 4.00. The lowest BCUT2D eigenvalue weighted by Gasteiger charge is -2.36. The summed E-state index contributed by atoms with van der Waals surface area (Å²) in [5, 5.41) is 0. The Labute approximate surface area is 84.6 Å². The fourth-order valence-corrected chi connectivity index (χ4v) is 1.74. The predicted octanol–water partition coefficient (Wildman–Crippen LogP) is 0.778. The second-order valence-electron chi connectivity index (χ2n) is 3.64. The molecule has 1 heterocycles. The first-order valence-corrected chi connectivity index (χ1v) is 5.26. The van der Waals surface area contributed by atoms with Crippen LogP contribution in [-0.2, 0) is 4.79 Å². The van der Waals surface area contributed by atoms with Crippen molar-refractivity contribution < 1.29 is 4.79 Å². The molecular formula is C9H17ClN2O. The number of carbonyl (C=O) groups is 1. The minimum atomic E-state index is 0.0603. The first-order chi connectivity index (χ1) is 6.15. The van der Waals surface area contributed by atoms with E-state index >= 15 is 0 Å². The van der Waals surface area contributed by atoms with Gasteiger partial charge in [-0.1, -0.05) is 0 Å². The van der Waals surface area contributed by atoms with Crippen LogP contribution in [-0.4, -0.2) is 53.8 Å². The third-order valence-corrected chi connectivity index (χ3v) is 2.74. The van der Waals surface area contributed by atoms with Crippen LogP contribution in [0.2, 0.25) is 0 Å². The highest BCUT2D eigenvalue weighted by Gasteiger charge is 2.21. The van der Waals surface area contributed by atoms with Crippen molar-refractivity contribution in [3.63, 3.8) is 0 Å². The maximum atomic E-state index is 11.2. The van der Waals surface area contributed by atoms with Crippen molar-refractivity contribution >= 4 is 17.5 Å². The van der Waals surface area contributed by atoms with Gasteiger partial charge in [0.15, 0.2) is 0 Å². The number of piperazine rings is 1. The zero-order chi connectivity index (χ0) is 9.84. The number of carbonyl (C=O) groups excluding carboxylic acids is 1. The molecule has 0 unspecified atom stereocenters. The van der Waals surface area contributed by atoms with E-state index in [0.717, 1.165) is 26.2 Å². The molecule has 0 spiro atoms. The zero-order valence-corrected chi connectivity index (χ0v) is 9.05. The van der Waals surface area contributed by atoms with E-state index in [1.165, 1.54) is 0 Å². The quantitative estimate of drug-likeness (QED) is 0.621. The van der Waals surface area contributed by atoms with Gasteiger partial charge < -0.3 is 4.90 Å². The monoisotopic (exact) mass is 204 g/mol. The van der Waals surface area contributed by atoms with Gasteiger partial charge in [-0.2, -0.15) is 0 Å². The molecule has 1 amide bonds. The first kappa shape index (κ1) is 10.8. The fourth-order valence-electron chi connectivity index (χ4n) is 1.57. The maximum Gasteiger partial charge on any atom is 0.237 e. The highest BCUT2D eigenvalue weighted by Crippen LogP contribution is 2.06. The molecule has 0 aromatic rings. The smallest absolute Gasteiger partial charge is 0.237 e. The largest absolute Gasteiger partial charge is 0.339 e. The molecule has 0 aromatic carbocycles. The molecule has 76 valence electrons. The van der Waals surface area contributed by atoms with Crippen LogP contribution in [0.5, 0.6) is 0 Å². The SMILES string of the molecule is CC(C)N1CCN(C(=O)CCl)CC1. The summed E-state index contributed by atoms with van der Waals surface area (Å²) in [7, 11) is 0. The van der Waals surface area contributed by atoms with Crippen molar-refractivity contribution in [1.29, 1.82) is 0 Å². The van der Waals surface area contributed by atoms with Gasteiger partial charge in [0.25, 0.3) is 0 Å². The molecule has 13 heavy (non-hydrogen) atoms. The molecule has 1 fully saturated rings. The van der Waals surface area contributed by atoms with Crippen LogP contribution in [0.4, 0.5) is 0 Å². The molecule has 4 heteroatoms. The molecule has 0 saturated carbocycles. The van der Waals surface area contributed by atoms with Crippen molar-refractivity contribution in [2.45, 2.75) is 19.9 Å². The van der Waals surface area contributed by atoms with Gasteiger partial charge in [0, 0.05) is 32.2 Å². The van der Waals surface area contributed by atoms with E-state index in [9.17, 15) is 4.79 Å². The number of amides is 1. The van der Waals surface area contributed by atoms with Crippen LogP contribution in [0.15, 0.2) is 0 Å². The van der Waals surface area contributed by atoms with E-state index in [2.05, 4.69) is 18.7 Å². The van der Waals surface area contributed by atoms with Crippen molar-refractivity contribution in [3.8, 4) is 0 Å². The van der Waals surface area contributed by atoms with Crippen LogP contribution in [0.1, 0.15) is 13.8 Å². The number of halogens is 1. The van der Waals surface area contributed by atoms with Crippen molar-refractivity contribution in [1.82, 2.24) is 9.80 Å². The second-order valence-corrected chi connectivity index (χ2v) is 3.91. The van der Waals surface area contributed by atoms with Gasteiger partial charge in [-0.3, -0.25) is 9.69 Å². The van der Waals surface area contributed by atoms with E-state index in [4.69, 9.17) is 11.6 Å². The van der Waals surface area contributed by atoms with Gasteiger partial charge in [0.1, 0.15) is 5.88 Å². The number of rotatable bonds is 2. The second kappa shape index (κ2) is 4.82. The summed E-state index contributed by atoms with van der Waals surface area (Å²) < 4.78 is 0. The summed E-state index contributed by atoms with van der Waals surface area (Å²) in [4.78, 5) is 15.4. The Balaban J connectivity index is 2.34. The lowest BCUT2D eigenvalue weighted by atomic mass is 10.2. The number of hydrogen-bond acceptors (Lipinski definition) is 2. The molecular weight excluding hydrogens is 188 g/mol. The van der Waals surface area contributed by atoms with E-state index < -0.39 is 0 Å². The molecule has 0 aliphatic carbocycles. The Morgan fingerprint density at radius 3 is 2.23 bits per heavy atom. The molecule has 0 N–H and O–H groups in total. The maximum absolute atomic E-state index is 11.2. The number of nitrogens with zero attached hydrogens (tertiary/aromatic N) is 2. The van der Waals surface area contributed by atoms with Crippen LogP contribution >= 0.6 is 11.6 Å². The molecule has 0 radical (unpaired) electrons. The van der Waals surface area contributed by atoms with Gasteiger partial charge in [0.05, 0.1) is 0 Å². The van der Waals surface area contributed by atoms with E-state index in [0.29, 0.717) is 6.04 Å². The predicted molar refractivity (Wildman–Crippen MR) is 54.0 cm³/mol. The van der Waals surface area contributed by atoms with Gasteiger partial charge in [0.2, 0.25) is 5.91 Å². The standard InChI is InChI=1S/C9H17ClN2O/c1-8(2)11-3-5-12(6-4-11)9(13)7-10/h8H,3-7H2,1-2H3.